The third-order valence-corrected chi connectivity index (χ3v) is 1.05. The average Bonchev–Trinajstić information content (AvgIpc) is 1.56. The van der Waals surface area contributed by atoms with Crippen LogP contribution in [0.15, 0.2) is 23.5 Å². The Balaban J connectivity index is 2.88. The van der Waals surface area contributed by atoms with Gasteiger partial charge in [-0.15, -0.1) is 0 Å². The van der Waals surface area contributed by atoms with Crippen LogP contribution >= 0.6 is 0 Å². The molecular formula is C4H2N2O4. The Morgan fingerprint density at radius 3 is 1.40 bits per heavy atom. The van der Waals surface area contributed by atoms with Crippen LogP contribution < -0.4 is 0 Å². The van der Waals surface area contributed by atoms with Gasteiger partial charge in [0.05, 0.1) is 9.85 Å². The molecule has 1 aliphatic rings. The molecule has 0 aromatic rings. The summed E-state index contributed by atoms with van der Waals surface area (Å²) in [7, 11) is 0. The van der Waals surface area contributed by atoms with Crippen molar-refractivity contribution in [3.05, 3.63) is 43.8 Å². The van der Waals surface area contributed by atoms with Gasteiger partial charge >= 0.3 is 11.4 Å². The summed E-state index contributed by atoms with van der Waals surface area (Å²) in [5.41, 5.74) is -0.852. The van der Waals surface area contributed by atoms with E-state index in [1.165, 1.54) is 0 Å². The summed E-state index contributed by atoms with van der Waals surface area (Å²) in [6.07, 6.45) is 2.19. The molecule has 0 fully saturated rings. The van der Waals surface area contributed by atoms with Crippen LogP contribution in [0.4, 0.5) is 0 Å². The molecule has 0 saturated carbocycles. The van der Waals surface area contributed by atoms with Gasteiger partial charge in [-0.2, -0.15) is 0 Å². The number of allylic oxidation sites excluding steroid dienone is 2. The lowest BCUT2D eigenvalue weighted by atomic mass is 10.2. The van der Waals surface area contributed by atoms with E-state index >= 15 is 0 Å². The number of hydrogen-bond acceptors (Lipinski definition) is 4. The third-order valence-electron chi connectivity index (χ3n) is 1.05. The van der Waals surface area contributed by atoms with Crippen LogP contribution in [0.1, 0.15) is 0 Å². The summed E-state index contributed by atoms with van der Waals surface area (Å²) in [6, 6.07) is 0. The van der Waals surface area contributed by atoms with Crippen LogP contribution in [-0.2, 0) is 0 Å². The fourth-order valence-corrected chi connectivity index (χ4v) is 0.541. The summed E-state index contributed by atoms with van der Waals surface area (Å²) < 4.78 is 0. The molecule has 1 aliphatic carbocycles. The molecule has 6 heteroatoms. The van der Waals surface area contributed by atoms with Crippen LogP contribution in [0.3, 0.4) is 0 Å². The second kappa shape index (κ2) is 1.90. The Kier molecular flexibility index (Phi) is 1.22. The molecular weight excluding hydrogens is 140 g/mol. The van der Waals surface area contributed by atoms with Gasteiger partial charge in [-0.3, -0.25) is 20.2 Å². The molecule has 52 valence electrons. The largest absolute Gasteiger partial charge is 0.346 e. The lowest BCUT2D eigenvalue weighted by Crippen LogP contribution is -2.12. The normalized spacial score (nSPS) is 14.8. The van der Waals surface area contributed by atoms with Gasteiger partial charge in [-0.05, 0) is 0 Å². The van der Waals surface area contributed by atoms with Gasteiger partial charge in [0.2, 0.25) is 0 Å². The van der Waals surface area contributed by atoms with Crippen LogP contribution in [-0.4, -0.2) is 9.85 Å². The highest BCUT2D eigenvalue weighted by atomic mass is 16.6. The quantitative estimate of drug-likeness (QED) is 0.410. The zero-order valence-corrected chi connectivity index (χ0v) is 4.68. The molecule has 0 unspecified atom stereocenters. The molecule has 6 nitrogen and oxygen atoms in total. The molecule has 0 atom stereocenters. The molecule has 0 bridgehead atoms. The molecule has 0 amide bonds. The second-order valence-electron chi connectivity index (χ2n) is 1.62. The fraction of sp³-hybridized carbons (Fsp3) is 0. The maximum absolute atomic E-state index is 9.89. The predicted octanol–water partition coefficient (Wildman–Crippen LogP) is 0.321. The summed E-state index contributed by atoms with van der Waals surface area (Å²) in [5, 5.41) is 19.8. The molecule has 10 heavy (non-hydrogen) atoms. The van der Waals surface area contributed by atoms with Crippen molar-refractivity contribution in [1.82, 2.24) is 0 Å². The summed E-state index contributed by atoms with van der Waals surface area (Å²) in [4.78, 5) is 18.2. The minimum Gasteiger partial charge on any atom is -0.258 e. The third kappa shape index (κ3) is 0.750. The predicted molar refractivity (Wildman–Crippen MR) is 30.2 cm³/mol. The van der Waals surface area contributed by atoms with Crippen molar-refractivity contribution in [2.24, 2.45) is 0 Å². The molecule has 0 aliphatic heterocycles. The van der Waals surface area contributed by atoms with E-state index in [0.717, 1.165) is 12.2 Å². The van der Waals surface area contributed by atoms with Gasteiger partial charge in [0.25, 0.3) is 0 Å². The first-order valence-electron chi connectivity index (χ1n) is 2.34. The maximum atomic E-state index is 9.89. The first-order valence-corrected chi connectivity index (χ1v) is 2.34. The summed E-state index contributed by atoms with van der Waals surface area (Å²) in [6.45, 7) is 0. The Labute approximate surface area is 54.8 Å². The van der Waals surface area contributed by atoms with E-state index < -0.39 is 21.2 Å². The zero-order valence-electron chi connectivity index (χ0n) is 4.68. The van der Waals surface area contributed by atoms with Crippen LogP contribution in [0.25, 0.3) is 0 Å². The first kappa shape index (κ1) is 6.40. The van der Waals surface area contributed by atoms with Gasteiger partial charge in [-0.1, -0.05) is 0 Å². The van der Waals surface area contributed by atoms with Gasteiger partial charge in [-0.25, -0.2) is 0 Å². The van der Waals surface area contributed by atoms with E-state index in [-0.39, 0.29) is 0 Å². The highest BCUT2D eigenvalue weighted by molar-refractivity contribution is 5.35. The van der Waals surface area contributed by atoms with E-state index in [9.17, 15) is 20.2 Å². The Morgan fingerprint density at radius 2 is 1.30 bits per heavy atom. The minimum absolute atomic E-state index is 0.426. The van der Waals surface area contributed by atoms with Gasteiger partial charge < -0.3 is 0 Å². The number of nitro groups is 2. The molecule has 1 rings (SSSR count). The Bertz CT molecular complexity index is 238. The van der Waals surface area contributed by atoms with Crippen molar-refractivity contribution in [3.8, 4) is 0 Å². The zero-order chi connectivity index (χ0) is 7.72. The van der Waals surface area contributed by atoms with Crippen molar-refractivity contribution in [2.45, 2.75) is 0 Å². The number of nitrogens with zero attached hydrogens (tertiary/aromatic N) is 2. The molecule has 0 heterocycles. The molecule has 0 spiro atoms. The van der Waals surface area contributed by atoms with E-state index in [1.54, 1.807) is 0 Å². The van der Waals surface area contributed by atoms with Crippen LogP contribution in [0.5, 0.6) is 0 Å². The van der Waals surface area contributed by atoms with Crippen molar-refractivity contribution in [2.75, 3.05) is 0 Å². The number of hydrogen-bond donors (Lipinski definition) is 0. The fourth-order valence-electron chi connectivity index (χ4n) is 0.541. The summed E-state index contributed by atoms with van der Waals surface area (Å²) in [5.74, 6) is 0. The van der Waals surface area contributed by atoms with E-state index in [0.29, 0.717) is 0 Å². The van der Waals surface area contributed by atoms with Crippen molar-refractivity contribution in [1.29, 1.82) is 0 Å². The number of rotatable bonds is 2. The minimum atomic E-state index is -0.780. The van der Waals surface area contributed by atoms with Crippen LogP contribution in [0.2, 0.25) is 0 Å². The molecule has 0 saturated heterocycles. The lowest BCUT2D eigenvalue weighted by Gasteiger charge is -1.98. The second-order valence-corrected chi connectivity index (χ2v) is 1.62. The van der Waals surface area contributed by atoms with Gasteiger partial charge in [0.15, 0.2) is 0 Å². The standard InChI is InChI=1S/C4H2N2O4/c7-5(8)3-1-2-4(3)6(9)10/h1-2H. The van der Waals surface area contributed by atoms with Crippen molar-refractivity contribution >= 4 is 0 Å². The van der Waals surface area contributed by atoms with E-state index in [4.69, 9.17) is 0 Å². The molecule has 0 aromatic heterocycles. The molecule has 0 radical (unpaired) electrons. The lowest BCUT2D eigenvalue weighted by molar-refractivity contribution is -0.467. The highest BCUT2D eigenvalue weighted by Gasteiger charge is 2.30. The van der Waals surface area contributed by atoms with Crippen LogP contribution in [0, 0.1) is 20.2 Å². The topological polar surface area (TPSA) is 86.3 Å². The van der Waals surface area contributed by atoms with Crippen molar-refractivity contribution in [3.63, 3.8) is 0 Å². The van der Waals surface area contributed by atoms with E-state index in [1.807, 2.05) is 0 Å². The SMILES string of the molecule is O=[N+]([O-])C1=C([N+](=O)[O-])C=C1. The smallest absolute Gasteiger partial charge is 0.258 e. The molecule has 0 aromatic carbocycles. The Morgan fingerprint density at radius 1 is 1.00 bits per heavy atom. The van der Waals surface area contributed by atoms with Gasteiger partial charge in [0, 0.05) is 12.2 Å². The molecule has 0 N–H and O–H groups in total. The maximum Gasteiger partial charge on any atom is 0.346 e. The van der Waals surface area contributed by atoms with E-state index in [2.05, 4.69) is 0 Å². The summed E-state index contributed by atoms with van der Waals surface area (Å²) >= 11 is 0. The van der Waals surface area contributed by atoms with Gasteiger partial charge in [0.1, 0.15) is 0 Å². The Hall–Kier alpha value is -1.72. The monoisotopic (exact) mass is 142 g/mol. The first-order chi connectivity index (χ1) is 4.63. The van der Waals surface area contributed by atoms with Crippen molar-refractivity contribution < 1.29 is 9.85 Å². The highest BCUT2D eigenvalue weighted by Crippen LogP contribution is 2.18. The average molecular weight is 142 g/mol.